The summed E-state index contributed by atoms with van der Waals surface area (Å²) in [4.78, 5) is 13.4. The first kappa shape index (κ1) is 19.3. The molecule has 1 saturated heterocycles. The van der Waals surface area contributed by atoms with Crippen LogP contribution < -0.4 is 5.01 Å². The lowest BCUT2D eigenvalue weighted by molar-refractivity contribution is -0.114. The fourth-order valence-electron chi connectivity index (χ4n) is 2.97. The van der Waals surface area contributed by atoms with Gasteiger partial charge in [0, 0.05) is 23.0 Å². The lowest BCUT2D eigenvalue weighted by atomic mass is 10.2. The zero-order chi connectivity index (χ0) is 20.0. The van der Waals surface area contributed by atoms with E-state index in [0.29, 0.717) is 30.8 Å². The van der Waals surface area contributed by atoms with Gasteiger partial charge in [0.05, 0.1) is 15.0 Å². The van der Waals surface area contributed by atoms with E-state index in [4.69, 9.17) is 39.8 Å². The van der Waals surface area contributed by atoms with Gasteiger partial charge in [0.15, 0.2) is 4.32 Å². The van der Waals surface area contributed by atoms with Crippen LogP contribution in [0, 0.1) is 13.8 Å². The first-order chi connectivity index (χ1) is 13.3. The molecule has 0 bridgehead atoms. The minimum Gasteiger partial charge on any atom is -0.457 e. The second kappa shape index (κ2) is 7.44. The highest BCUT2D eigenvalue weighted by Gasteiger charge is 2.35. The summed E-state index contributed by atoms with van der Waals surface area (Å²) in [6.45, 7) is 3.87. The van der Waals surface area contributed by atoms with Crippen molar-refractivity contribution >= 4 is 63.5 Å². The van der Waals surface area contributed by atoms with E-state index in [9.17, 15) is 4.79 Å². The summed E-state index contributed by atoms with van der Waals surface area (Å²) in [7, 11) is 0. The lowest BCUT2D eigenvalue weighted by Crippen LogP contribution is -2.39. The van der Waals surface area contributed by atoms with Gasteiger partial charge in [0.1, 0.15) is 11.5 Å². The van der Waals surface area contributed by atoms with Crippen LogP contribution in [0.4, 0.5) is 0 Å². The standard InChI is InChI=1S/C20H14Cl2N2O2S2/c1-11-3-4-12(2)23(11)24-19(25)18(28-20(24)27)10-14-6-8-17(26-14)13-5-7-15(21)16(22)9-13/h3-10H,1-2H3/b18-10-. The third-order valence-corrected chi connectivity index (χ3v) is 6.33. The summed E-state index contributed by atoms with van der Waals surface area (Å²) in [5.74, 6) is 1.02. The van der Waals surface area contributed by atoms with Crippen molar-refractivity contribution in [1.29, 1.82) is 0 Å². The number of thioether (sulfide) groups is 1. The number of benzene rings is 1. The SMILES string of the molecule is Cc1ccc(C)n1N1C(=O)/C(=C/c2ccc(-c3ccc(Cl)c(Cl)c3)o2)SC1=S. The number of aromatic nitrogens is 1. The molecule has 0 unspecified atom stereocenters. The number of carbonyl (C=O) groups excluding carboxylic acids is 1. The quantitative estimate of drug-likeness (QED) is 0.352. The van der Waals surface area contributed by atoms with E-state index >= 15 is 0 Å². The van der Waals surface area contributed by atoms with Crippen LogP contribution in [0.15, 0.2) is 51.8 Å². The second-order valence-corrected chi connectivity index (χ2v) is 8.74. The Bertz CT molecular complexity index is 1130. The van der Waals surface area contributed by atoms with Crippen LogP contribution in [0.3, 0.4) is 0 Å². The number of carbonyl (C=O) groups is 1. The maximum Gasteiger partial charge on any atom is 0.285 e. The van der Waals surface area contributed by atoms with Crippen LogP contribution >= 0.6 is 47.2 Å². The van der Waals surface area contributed by atoms with Gasteiger partial charge in [0.2, 0.25) is 0 Å². The molecule has 1 aliphatic heterocycles. The second-order valence-electron chi connectivity index (χ2n) is 6.25. The monoisotopic (exact) mass is 448 g/mol. The molecule has 1 aromatic carbocycles. The first-order valence-electron chi connectivity index (χ1n) is 8.33. The van der Waals surface area contributed by atoms with Crippen molar-refractivity contribution in [2.45, 2.75) is 13.8 Å². The number of aryl methyl sites for hydroxylation is 2. The highest BCUT2D eigenvalue weighted by atomic mass is 35.5. The topological polar surface area (TPSA) is 38.4 Å². The number of nitrogens with zero attached hydrogens (tertiary/aromatic N) is 2. The van der Waals surface area contributed by atoms with Crippen molar-refractivity contribution < 1.29 is 9.21 Å². The fraction of sp³-hybridized carbons (Fsp3) is 0.100. The maximum absolute atomic E-state index is 12.9. The van der Waals surface area contributed by atoms with E-state index in [1.807, 2.05) is 42.8 Å². The van der Waals surface area contributed by atoms with Crippen LogP contribution in [-0.2, 0) is 4.79 Å². The Hall–Kier alpha value is -1.99. The van der Waals surface area contributed by atoms with Crippen LogP contribution in [-0.4, -0.2) is 14.9 Å². The number of rotatable bonds is 3. The van der Waals surface area contributed by atoms with Crippen molar-refractivity contribution in [2.75, 3.05) is 5.01 Å². The third-order valence-electron chi connectivity index (χ3n) is 4.31. The van der Waals surface area contributed by atoms with Gasteiger partial charge in [0.25, 0.3) is 5.91 Å². The van der Waals surface area contributed by atoms with Crippen molar-refractivity contribution in [3.8, 4) is 11.3 Å². The third kappa shape index (κ3) is 3.42. The van der Waals surface area contributed by atoms with Crippen molar-refractivity contribution in [1.82, 2.24) is 4.68 Å². The van der Waals surface area contributed by atoms with Gasteiger partial charge in [-0.2, -0.15) is 5.01 Å². The number of halogens is 2. The van der Waals surface area contributed by atoms with Gasteiger partial charge in [-0.1, -0.05) is 35.0 Å². The molecule has 0 N–H and O–H groups in total. The molecule has 8 heteroatoms. The number of hydrogen-bond acceptors (Lipinski definition) is 4. The van der Waals surface area contributed by atoms with E-state index in [1.54, 1.807) is 24.3 Å². The minimum atomic E-state index is -0.176. The van der Waals surface area contributed by atoms with E-state index < -0.39 is 0 Å². The van der Waals surface area contributed by atoms with Crippen molar-refractivity contribution in [3.05, 3.63) is 74.6 Å². The molecule has 0 saturated carbocycles. The average Bonchev–Trinajstić information content (AvgIpc) is 3.32. The molecule has 1 fully saturated rings. The van der Waals surface area contributed by atoms with Gasteiger partial charge in [-0.15, -0.1) is 0 Å². The molecule has 2 aromatic heterocycles. The summed E-state index contributed by atoms with van der Waals surface area (Å²) >= 11 is 18.7. The van der Waals surface area contributed by atoms with Crippen LogP contribution in [0.1, 0.15) is 17.1 Å². The molecule has 3 aromatic rings. The van der Waals surface area contributed by atoms with Gasteiger partial charge < -0.3 is 4.42 Å². The van der Waals surface area contributed by atoms with Gasteiger partial charge >= 0.3 is 0 Å². The number of amides is 1. The highest BCUT2D eigenvalue weighted by molar-refractivity contribution is 8.27. The Kier molecular flexibility index (Phi) is 5.14. The predicted molar refractivity (Wildman–Crippen MR) is 119 cm³/mol. The fourth-order valence-corrected chi connectivity index (χ4v) is 4.49. The van der Waals surface area contributed by atoms with Gasteiger partial charge in [-0.3, -0.25) is 9.47 Å². The molecular formula is C20H14Cl2N2O2S2. The Balaban J connectivity index is 1.63. The largest absolute Gasteiger partial charge is 0.457 e. The smallest absolute Gasteiger partial charge is 0.285 e. The molecule has 142 valence electrons. The summed E-state index contributed by atoms with van der Waals surface area (Å²) in [5, 5.41) is 2.45. The molecule has 3 heterocycles. The summed E-state index contributed by atoms with van der Waals surface area (Å²) in [6, 6.07) is 12.8. The molecule has 4 nitrogen and oxygen atoms in total. The Morgan fingerprint density at radius 1 is 1.04 bits per heavy atom. The molecule has 0 radical (unpaired) electrons. The maximum atomic E-state index is 12.9. The zero-order valence-corrected chi connectivity index (χ0v) is 18.0. The normalized spacial score (nSPS) is 15.9. The molecule has 28 heavy (non-hydrogen) atoms. The number of thiocarbonyl (C=S) groups is 1. The number of furan rings is 1. The Morgan fingerprint density at radius 3 is 2.43 bits per heavy atom. The number of hydrogen-bond donors (Lipinski definition) is 0. The minimum absolute atomic E-state index is 0.176. The summed E-state index contributed by atoms with van der Waals surface area (Å²) < 4.78 is 8.17. The molecule has 1 amide bonds. The first-order valence-corrected chi connectivity index (χ1v) is 10.3. The van der Waals surface area contributed by atoms with Crippen molar-refractivity contribution in [2.24, 2.45) is 0 Å². The van der Waals surface area contributed by atoms with Gasteiger partial charge in [-0.25, -0.2) is 0 Å². The highest BCUT2D eigenvalue weighted by Crippen LogP contribution is 2.34. The molecule has 1 aliphatic rings. The van der Waals surface area contributed by atoms with Gasteiger partial charge in [-0.05, 0) is 68.5 Å². The molecule has 0 spiro atoms. The molecular weight excluding hydrogens is 435 g/mol. The zero-order valence-electron chi connectivity index (χ0n) is 14.9. The molecule has 0 aliphatic carbocycles. The Labute approximate surface area is 181 Å². The van der Waals surface area contributed by atoms with Crippen LogP contribution in [0.5, 0.6) is 0 Å². The van der Waals surface area contributed by atoms with Crippen molar-refractivity contribution in [3.63, 3.8) is 0 Å². The average molecular weight is 449 g/mol. The van der Waals surface area contributed by atoms with E-state index in [-0.39, 0.29) is 5.91 Å². The predicted octanol–water partition coefficient (Wildman–Crippen LogP) is 6.21. The van der Waals surface area contributed by atoms with E-state index in [2.05, 4.69) is 0 Å². The van der Waals surface area contributed by atoms with E-state index in [0.717, 1.165) is 17.0 Å². The molecule has 0 atom stereocenters. The Morgan fingerprint density at radius 2 is 1.75 bits per heavy atom. The van der Waals surface area contributed by atoms with Crippen LogP contribution in [0.25, 0.3) is 17.4 Å². The lowest BCUT2D eigenvalue weighted by Gasteiger charge is -2.20. The summed E-state index contributed by atoms with van der Waals surface area (Å²) in [5.41, 5.74) is 2.69. The molecule has 4 rings (SSSR count). The van der Waals surface area contributed by atoms with E-state index in [1.165, 1.54) is 16.8 Å². The summed E-state index contributed by atoms with van der Waals surface area (Å²) in [6.07, 6.45) is 1.70. The van der Waals surface area contributed by atoms with Crippen LogP contribution in [0.2, 0.25) is 10.0 Å².